The van der Waals surface area contributed by atoms with Crippen LogP contribution in [0.2, 0.25) is 0 Å². The van der Waals surface area contributed by atoms with Crippen LogP contribution in [0.3, 0.4) is 0 Å². The van der Waals surface area contributed by atoms with Gasteiger partial charge in [0.15, 0.2) is 0 Å². The maximum absolute atomic E-state index is 11.3. The highest BCUT2D eigenvalue weighted by atomic mass is 16.3. The molecule has 4 heteroatoms. The van der Waals surface area contributed by atoms with E-state index in [4.69, 9.17) is 10.8 Å². The molecule has 2 aromatic rings. The zero-order valence-electron chi connectivity index (χ0n) is 8.68. The number of benzene rings is 1. The van der Waals surface area contributed by atoms with E-state index in [-0.39, 0.29) is 6.61 Å². The van der Waals surface area contributed by atoms with E-state index in [2.05, 4.69) is 4.98 Å². The van der Waals surface area contributed by atoms with Crippen molar-refractivity contribution >= 4 is 16.8 Å². The normalized spacial score (nSPS) is 12.8. The first kappa shape index (κ1) is 10.7. The number of nitrogens with two attached hydrogens (primary N) is 1. The zero-order valence-corrected chi connectivity index (χ0v) is 8.68. The molecule has 1 aromatic heterocycles. The van der Waals surface area contributed by atoms with Gasteiger partial charge in [0, 0.05) is 30.1 Å². The van der Waals surface area contributed by atoms with Gasteiger partial charge in [0.05, 0.1) is 5.92 Å². The van der Waals surface area contributed by atoms with Gasteiger partial charge in [0.1, 0.15) is 0 Å². The summed E-state index contributed by atoms with van der Waals surface area (Å²) in [6.45, 7) is -0.173. The molecule has 83 valence electrons. The Hall–Kier alpha value is -1.81. The van der Waals surface area contributed by atoms with E-state index in [1.165, 1.54) is 6.42 Å². The molecule has 2 rings (SSSR count). The highest BCUT2D eigenvalue weighted by Crippen LogP contribution is 2.26. The van der Waals surface area contributed by atoms with Crippen molar-refractivity contribution in [2.45, 2.75) is 5.92 Å². The number of hydrogen-bond acceptors (Lipinski definition) is 2. The number of aromatic nitrogens is 1. The Balaban J connectivity index is 2.48. The van der Waals surface area contributed by atoms with Gasteiger partial charge < -0.3 is 15.8 Å². The lowest BCUT2D eigenvalue weighted by molar-refractivity contribution is -0.118. The Morgan fingerprint density at radius 1 is 1.50 bits per heavy atom. The van der Waals surface area contributed by atoms with E-state index in [1.807, 2.05) is 24.3 Å². The van der Waals surface area contributed by atoms with E-state index in [9.17, 15) is 4.79 Å². The largest absolute Gasteiger partial charge is 0.396 e. The Bertz CT molecular complexity index is 504. The molecule has 0 aliphatic carbocycles. The number of primary amides is 1. The van der Waals surface area contributed by atoms with E-state index in [1.54, 1.807) is 6.20 Å². The molecule has 16 heavy (non-hydrogen) atoms. The van der Waals surface area contributed by atoms with Crippen LogP contribution in [-0.2, 0) is 4.79 Å². The summed E-state index contributed by atoms with van der Waals surface area (Å²) in [5.41, 5.74) is 7.07. The third-order valence-corrected chi connectivity index (χ3v) is 2.60. The summed E-state index contributed by atoms with van der Waals surface area (Å²) in [5, 5.41) is 9.84. The average molecular weight is 217 g/mol. The number of aliphatic hydroxyl groups excluding tert-OH is 1. The highest BCUT2D eigenvalue weighted by molar-refractivity contribution is 5.92. The molecule has 0 unspecified atom stereocenters. The second kappa shape index (κ2) is 4.37. The molecule has 0 saturated carbocycles. The molecule has 0 aliphatic rings. The summed E-state index contributed by atoms with van der Waals surface area (Å²) < 4.78 is 0. The van der Waals surface area contributed by atoms with Gasteiger partial charge in [-0.05, 0) is 11.6 Å². The molecular weight excluding hydrogens is 204 g/mol. The van der Waals surface area contributed by atoms with E-state index >= 15 is 0 Å². The number of fused-ring (bicyclic) bond motifs is 1. The molecular formula is C12H13N2O2. The fraction of sp³-hybridized carbons (Fsp3) is 0.167. The molecule has 1 aromatic carbocycles. The van der Waals surface area contributed by atoms with E-state index < -0.39 is 11.8 Å². The number of rotatable bonds is 4. The van der Waals surface area contributed by atoms with Crippen molar-refractivity contribution in [2.24, 2.45) is 5.73 Å². The van der Waals surface area contributed by atoms with Crippen LogP contribution in [0.1, 0.15) is 11.5 Å². The first-order valence-corrected chi connectivity index (χ1v) is 5.03. The van der Waals surface area contributed by atoms with Crippen LogP contribution in [0.25, 0.3) is 10.9 Å². The van der Waals surface area contributed by atoms with Crippen LogP contribution < -0.4 is 5.73 Å². The zero-order chi connectivity index (χ0) is 11.5. The van der Waals surface area contributed by atoms with Crippen LogP contribution >= 0.6 is 0 Å². The Morgan fingerprint density at radius 2 is 2.25 bits per heavy atom. The van der Waals surface area contributed by atoms with Gasteiger partial charge in [-0.25, -0.2) is 0 Å². The van der Waals surface area contributed by atoms with Crippen LogP contribution in [0.15, 0.2) is 30.5 Å². The van der Waals surface area contributed by atoms with Crippen LogP contribution in [0.4, 0.5) is 0 Å². The van der Waals surface area contributed by atoms with Crippen molar-refractivity contribution < 1.29 is 9.90 Å². The fourth-order valence-electron chi connectivity index (χ4n) is 1.85. The summed E-state index contributed by atoms with van der Waals surface area (Å²) in [6.07, 6.45) is 3.25. The molecule has 1 heterocycles. The van der Waals surface area contributed by atoms with Crippen LogP contribution in [0.5, 0.6) is 0 Å². The molecule has 0 aliphatic heterocycles. The molecule has 4 nitrogen and oxygen atoms in total. The summed E-state index contributed by atoms with van der Waals surface area (Å²) in [4.78, 5) is 14.4. The SMILES string of the molecule is NC(=O)[C@H]([CH]CO)c1c[nH]c2ccccc12. The van der Waals surface area contributed by atoms with E-state index in [0.717, 1.165) is 16.5 Å². The Morgan fingerprint density at radius 3 is 2.94 bits per heavy atom. The predicted octanol–water partition coefficient (Wildman–Crippen LogP) is 0.933. The number of para-hydroxylation sites is 1. The minimum Gasteiger partial charge on any atom is -0.396 e. The maximum atomic E-state index is 11.3. The van der Waals surface area contributed by atoms with Gasteiger partial charge in [-0.15, -0.1) is 0 Å². The molecule has 4 N–H and O–H groups in total. The predicted molar refractivity (Wildman–Crippen MR) is 61.6 cm³/mol. The number of aliphatic hydroxyl groups is 1. The molecule has 1 radical (unpaired) electrons. The van der Waals surface area contributed by atoms with Crippen molar-refractivity contribution in [2.75, 3.05) is 6.61 Å². The first-order chi connectivity index (χ1) is 7.74. The first-order valence-electron chi connectivity index (χ1n) is 5.03. The quantitative estimate of drug-likeness (QED) is 0.712. The number of hydrogen-bond donors (Lipinski definition) is 3. The van der Waals surface area contributed by atoms with Gasteiger partial charge in [-0.1, -0.05) is 18.2 Å². The Kier molecular flexibility index (Phi) is 2.92. The number of carbonyl (C=O) groups excluding carboxylic acids is 1. The summed E-state index contributed by atoms with van der Waals surface area (Å²) in [5.74, 6) is -1.01. The molecule has 0 fully saturated rings. The average Bonchev–Trinajstić information content (AvgIpc) is 2.69. The maximum Gasteiger partial charge on any atom is 0.225 e. The van der Waals surface area contributed by atoms with Crippen molar-refractivity contribution in [3.05, 3.63) is 42.4 Å². The van der Waals surface area contributed by atoms with Gasteiger partial charge in [-0.3, -0.25) is 4.79 Å². The summed E-state index contributed by atoms with van der Waals surface area (Å²) in [6, 6.07) is 7.66. The Labute approximate surface area is 93.1 Å². The topological polar surface area (TPSA) is 79.1 Å². The van der Waals surface area contributed by atoms with Crippen molar-refractivity contribution in [3.8, 4) is 0 Å². The molecule has 0 spiro atoms. The van der Waals surface area contributed by atoms with Gasteiger partial charge >= 0.3 is 0 Å². The highest BCUT2D eigenvalue weighted by Gasteiger charge is 2.20. The monoisotopic (exact) mass is 217 g/mol. The number of nitrogens with one attached hydrogen (secondary N) is 1. The van der Waals surface area contributed by atoms with Gasteiger partial charge in [-0.2, -0.15) is 0 Å². The lowest BCUT2D eigenvalue weighted by Crippen LogP contribution is -2.22. The number of aromatic amines is 1. The smallest absolute Gasteiger partial charge is 0.225 e. The second-order valence-electron chi connectivity index (χ2n) is 3.59. The lowest BCUT2D eigenvalue weighted by Gasteiger charge is -2.10. The third kappa shape index (κ3) is 1.79. The van der Waals surface area contributed by atoms with Gasteiger partial charge in [0.25, 0.3) is 0 Å². The fourth-order valence-corrected chi connectivity index (χ4v) is 1.85. The third-order valence-electron chi connectivity index (χ3n) is 2.60. The van der Waals surface area contributed by atoms with Crippen molar-refractivity contribution in [1.29, 1.82) is 0 Å². The summed E-state index contributed by atoms with van der Waals surface area (Å²) >= 11 is 0. The van der Waals surface area contributed by atoms with Gasteiger partial charge in [0.2, 0.25) is 5.91 Å². The number of H-pyrrole nitrogens is 1. The second-order valence-corrected chi connectivity index (χ2v) is 3.59. The van der Waals surface area contributed by atoms with Crippen molar-refractivity contribution in [1.82, 2.24) is 4.98 Å². The van der Waals surface area contributed by atoms with Crippen molar-refractivity contribution in [3.63, 3.8) is 0 Å². The minimum absolute atomic E-state index is 0.173. The van der Waals surface area contributed by atoms with Crippen LogP contribution in [0, 0.1) is 6.42 Å². The summed E-state index contributed by atoms with van der Waals surface area (Å²) in [7, 11) is 0. The van der Waals surface area contributed by atoms with E-state index in [0.29, 0.717) is 0 Å². The lowest BCUT2D eigenvalue weighted by atomic mass is 9.95. The molecule has 0 bridgehead atoms. The standard InChI is InChI=1S/C12H13N2O2/c13-12(16)9(5-6-15)10-7-14-11-4-2-1-3-8(10)11/h1-5,7,9,14-15H,6H2,(H2,13,16)/t9-/m1/s1. The molecule has 0 saturated heterocycles. The minimum atomic E-state index is -0.554. The van der Waals surface area contributed by atoms with Crippen LogP contribution in [-0.4, -0.2) is 22.6 Å². The molecule has 1 atom stereocenters. The number of carbonyl (C=O) groups is 1. The number of amides is 1. The molecule has 1 amide bonds.